The molecular weight excluding hydrogens is 463 g/mol. The number of carboxylic acid groups (broad SMARTS) is 1. The average molecular weight is 484 g/mol. The highest BCUT2D eigenvalue weighted by atomic mass is 19.1. The monoisotopic (exact) mass is 484 g/mol. The van der Waals surface area contributed by atoms with E-state index >= 15 is 4.39 Å². The zero-order chi connectivity index (χ0) is 25.2. The third kappa shape index (κ3) is 4.50. The number of aromatic nitrogens is 3. The van der Waals surface area contributed by atoms with Gasteiger partial charge in [-0.2, -0.15) is 0 Å². The van der Waals surface area contributed by atoms with E-state index in [0.29, 0.717) is 24.2 Å². The van der Waals surface area contributed by atoms with Gasteiger partial charge in [-0.05, 0) is 54.0 Å². The van der Waals surface area contributed by atoms with Crippen molar-refractivity contribution in [2.45, 2.75) is 12.3 Å². The molecular formula is C27H21FN4O4. The predicted molar refractivity (Wildman–Crippen MR) is 130 cm³/mol. The molecule has 0 aliphatic carbocycles. The highest BCUT2D eigenvalue weighted by Crippen LogP contribution is 2.37. The normalized spacial score (nSPS) is 15.1. The molecule has 36 heavy (non-hydrogen) atoms. The summed E-state index contributed by atoms with van der Waals surface area (Å²) in [7, 11) is 0. The summed E-state index contributed by atoms with van der Waals surface area (Å²) in [5, 5.41) is 9.91. The molecule has 0 saturated carbocycles. The van der Waals surface area contributed by atoms with Crippen LogP contribution < -0.4 is 4.74 Å². The quantitative estimate of drug-likeness (QED) is 0.391. The van der Waals surface area contributed by atoms with E-state index in [9.17, 15) is 9.59 Å². The Morgan fingerprint density at radius 2 is 2.03 bits per heavy atom. The molecule has 0 bridgehead atoms. The van der Waals surface area contributed by atoms with Crippen molar-refractivity contribution in [2.75, 3.05) is 13.1 Å². The van der Waals surface area contributed by atoms with Crippen LogP contribution in [-0.4, -0.2) is 49.9 Å². The van der Waals surface area contributed by atoms with Gasteiger partial charge in [0.15, 0.2) is 0 Å². The number of fused-ring (bicyclic) bond motifs is 1. The molecule has 0 radical (unpaired) electrons. The second-order valence-electron chi connectivity index (χ2n) is 8.43. The molecule has 1 unspecified atom stereocenters. The minimum atomic E-state index is -1.11. The maximum absolute atomic E-state index is 15.3. The molecule has 2 aromatic carbocycles. The first-order valence-corrected chi connectivity index (χ1v) is 11.2. The molecule has 8 nitrogen and oxygen atoms in total. The van der Waals surface area contributed by atoms with E-state index in [0.717, 1.165) is 22.9 Å². The van der Waals surface area contributed by atoms with Gasteiger partial charge < -0.3 is 14.7 Å². The smallest absolute Gasteiger partial charge is 0.335 e. The van der Waals surface area contributed by atoms with Crippen molar-refractivity contribution in [2.24, 2.45) is 0 Å². The van der Waals surface area contributed by atoms with Crippen molar-refractivity contribution in [3.05, 3.63) is 90.8 Å². The lowest BCUT2D eigenvalue weighted by Crippen LogP contribution is -2.26. The highest BCUT2D eigenvalue weighted by Gasteiger charge is 2.28. The predicted octanol–water partition coefficient (Wildman–Crippen LogP) is 4.82. The number of likely N-dealkylation sites (tertiary alicyclic amines) is 1. The number of aromatic carboxylic acids is 1. The molecule has 1 saturated heterocycles. The zero-order valence-corrected chi connectivity index (χ0v) is 19.1. The van der Waals surface area contributed by atoms with Gasteiger partial charge in [-0.15, -0.1) is 0 Å². The van der Waals surface area contributed by atoms with E-state index in [1.165, 1.54) is 36.8 Å². The van der Waals surface area contributed by atoms with E-state index in [4.69, 9.17) is 9.84 Å². The number of hydrogen-bond acceptors (Lipinski definition) is 6. The Bertz CT molecular complexity index is 1510. The molecule has 2 aromatic heterocycles. The zero-order valence-electron chi connectivity index (χ0n) is 19.1. The van der Waals surface area contributed by atoms with E-state index in [1.54, 1.807) is 23.2 Å². The van der Waals surface area contributed by atoms with Gasteiger partial charge in [0.25, 0.3) is 0 Å². The minimum absolute atomic E-state index is 0.0169. The van der Waals surface area contributed by atoms with E-state index in [1.807, 2.05) is 12.1 Å². The summed E-state index contributed by atoms with van der Waals surface area (Å²) in [5.74, 6) is -1.46. The van der Waals surface area contributed by atoms with Gasteiger partial charge in [0.2, 0.25) is 11.8 Å². The summed E-state index contributed by atoms with van der Waals surface area (Å²) in [5.41, 5.74) is 2.73. The van der Waals surface area contributed by atoms with Crippen LogP contribution >= 0.6 is 0 Å². The van der Waals surface area contributed by atoms with Gasteiger partial charge in [0, 0.05) is 54.5 Å². The fraction of sp³-hybridized carbons (Fsp3) is 0.148. The average Bonchev–Trinajstić information content (AvgIpc) is 3.38. The fourth-order valence-corrected chi connectivity index (χ4v) is 4.45. The summed E-state index contributed by atoms with van der Waals surface area (Å²) < 4.78 is 20.9. The lowest BCUT2D eigenvalue weighted by Gasteiger charge is -2.17. The van der Waals surface area contributed by atoms with Crippen molar-refractivity contribution >= 4 is 22.8 Å². The van der Waals surface area contributed by atoms with E-state index < -0.39 is 11.8 Å². The second kappa shape index (κ2) is 9.53. The Morgan fingerprint density at radius 3 is 2.81 bits per heavy atom. The first-order chi connectivity index (χ1) is 17.4. The Morgan fingerprint density at radius 1 is 1.17 bits per heavy atom. The summed E-state index contributed by atoms with van der Waals surface area (Å²) in [6, 6.07) is 10.8. The number of nitrogens with zero attached hydrogens (tertiary/aromatic N) is 4. The molecule has 5 rings (SSSR count). The third-order valence-electron chi connectivity index (χ3n) is 6.21. The van der Waals surface area contributed by atoms with Crippen LogP contribution in [0.15, 0.2) is 73.8 Å². The number of pyridine rings is 1. The number of halogens is 1. The maximum atomic E-state index is 15.3. The standard InChI is InChI=1S/C27H21FN4O4/c1-2-25(33)32-8-6-17(14-32)22-10-18(9-19-13-29-15-31-26(19)22)21-4-3-20(12-23(21)28)36-24-11-16(27(34)35)5-7-30-24/h2-5,7,9-13,15,17H,1,6,8,14H2,(H,34,35). The number of carbonyl (C=O) groups is 2. The van der Waals surface area contributed by atoms with E-state index in [2.05, 4.69) is 21.5 Å². The topological polar surface area (TPSA) is 106 Å². The third-order valence-corrected chi connectivity index (χ3v) is 6.21. The Balaban J connectivity index is 1.48. The lowest BCUT2D eigenvalue weighted by molar-refractivity contribution is -0.125. The van der Waals surface area contributed by atoms with Crippen LogP contribution in [0.25, 0.3) is 22.0 Å². The summed E-state index contributed by atoms with van der Waals surface area (Å²) in [4.78, 5) is 37.6. The molecule has 1 amide bonds. The van der Waals surface area contributed by atoms with Gasteiger partial charge >= 0.3 is 5.97 Å². The second-order valence-corrected chi connectivity index (χ2v) is 8.43. The number of amides is 1. The van der Waals surface area contributed by atoms with Gasteiger partial charge in [-0.3, -0.25) is 4.79 Å². The van der Waals surface area contributed by atoms with Gasteiger partial charge in [0.1, 0.15) is 17.9 Å². The van der Waals surface area contributed by atoms with Crippen molar-refractivity contribution < 1.29 is 23.8 Å². The molecule has 1 aliphatic heterocycles. The van der Waals surface area contributed by atoms with Crippen LogP contribution in [0.3, 0.4) is 0 Å². The summed E-state index contributed by atoms with van der Waals surface area (Å²) in [6.07, 6.45) is 6.56. The molecule has 1 fully saturated rings. The van der Waals surface area contributed by atoms with Gasteiger partial charge in [-0.1, -0.05) is 6.58 Å². The van der Waals surface area contributed by atoms with Crippen LogP contribution in [0.4, 0.5) is 4.39 Å². The molecule has 1 N–H and O–H groups in total. The van der Waals surface area contributed by atoms with Crippen LogP contribution in [0.5, 0.6) is 11.6 Å². The number of ether oxygens (including phenoxy) is 1. The molecule has 9 heteroatoms. The van der Waals surface area contributed by atoms with Crippen molar-refractivity contribution in [3.8, 4) is 22.8 Å². The SMILES string of the molecule is C=CC(=O)N1CCC(c2cc(-c3ccc(Oc4cc(C(=O)O)ccn4)cc3F)cc3cncnc23)C1. The molecule has 1 aliphatic rings. The Kier molecular flexibility index (Phi) is 6.12. The number of benzene rings is 2. The van der Waals surface area contributed by atoms with Crippen LogP contribution in [0.1, 0.15) is 28.3 Å². The Hall–Kier alpha value is -4.66. The first kappa shape index (κ1) is 23.1. The maximum Gasteiger partial charge on any atom is 0.335 e. The summed E-state index contributed by atoms with van der Waals surface area (Å²) in [6.45, 7) is 4.72. The molecule has 0 spiro atoms. The molecule has 180 valence electrons. The molecule has 3 heterocycles. The van der Waals surface area contributed by atoms with Gasteiger partial charge in [-0.25, -0.2) is 24.1 Å². The van der Waals surface area contributed by atoms with Crippen LogP contribution in [-0.2, 0) is 4.79 Å². The number of carboxylic acids is 1. The van der Waals surface area contributed by atoms with Crippen molar-refractivity contribution in [1.29, 1.82) is 0 Å². The highest BCUT2D eigenvalue weighted by molar-refractivity contribution is 5.89. The van der Waals surface area contributed by atoms with Crippen molar-refractivity contribution in [3.63, 3.8) is 0 Å². The summed E-state index contributed by atoms with van der Waals surface area (Å²) >= 11 is 0. The van der Waals surface area contributed by atoms with E-state index in [-0.39, 0.29) is 29.0 Å². The minimum Gasteiger partial charge on any atom is -0.478 e. The number of rotatable bonds is 6. The Labute approximate surface area is 205 Å². The lowest BCUT2D eigenvalue weighted by atomic mass is 9.91. The largest absolute Gasteiger partial charge is 0.478 e. The van der Waals surface area contributed by atoms with Gasteiger partial charge in [0.05, 0.1) is 11.1 Å². The molecule has 4 aromatic rings. The fourth-order valence-electron chi connectivity index (χ4n) is 4.45. The van der Waals surface area contributed by atoms with Crippen LogP contribution in [0, 0.1) is 5.82 Å². The number of hydrogen-bond donors (Lipinski definition) is 1. The molecule has 1 atom stereocenters. The van der Waals surface area contributed by atoms with Crippen LogP contribution in [0.2, 0.25) is 0 Å². The number of carbonyl (C=O) groups excluding carboxylic acids is 1. The first-order valence-electron chi connectivity index (χ1n) is 11.2. The van der Waals surface area contributed by atoms with Crippen molar-refractivity contribution in [1.82, 2.24) is 19.9 Å².